The van der Waals surface area contributed by atoms with Crippen molar-refractivity contribution in [1.29, 1.82) is 0 Å². The van der Waals surface area contributed by atoms with Gasteiger partial charge in [-0.3, -0.25) is 14.6 Å². The van der Waals surface area contributed by atoms with Crippen LogP contribution in [0.3, 0.4) is 0 Å². The molecule has 0 spiro atoms. The van der Waals surface area contributed by atoms with Crippen molar-refractivity contribution < 1.29 is 18.4 Å². The molecule has 5 rings (SSSR count). The monoisotopic (exact) mass is 439 g/mol. The number of halogens is 2. The van der Waals surface area contributed by atoms with E-state index in [4.69, 9.17) is 16.0 Å². The summed E-state index contributed by atoms with van der Waals surface area (Å²) in [5.74, 6) is -0.473. The van der Waals surface area contributed by atoms with Crippen LogP contribution >= 0.6 is 11.6 Å². The summed E-state index contributed by atoms with van der Waals surface area (Å²) in [6.45, 7) is 1.89. The lowest BCUT2D eigenvalue weighted by atomic mass is 10.1. The second kappa shape index (κ2) is 7.28. The van der Waals surface area contributed by atoms with Crippen molar-refractivity contribution in [2.45, 2.75) is 25.6 Å². The highest BCUT2D eigenvalue weighted by Gasteiger charge is 2.54. The smallest absolute Gasteiger partial charge is 0.263 e. The highest BCUT2D eigenvalue weighted by atomic mass is 35.5. The summed E-state index contributed by atoms with van der Waals surface area (Å²) in [6.07, 6.45) is 0. The van der Waals surface area contributed by atoms with Crippen molar-refractivity contribution in [3.8, 4) is 11.5 Å². The Balaban J connectivity index is 1.40. The van der Waals surface area contributed by atoms with Gasteiger partial charge in [0.05, 0.1) is 12.2 Å². The van der Waals surface area contributed by atoms with E-state index in [0.29, 0.717) is 28.1 Å². The number of rotatable bonds is 4. The van der Waals surface area contributed by atoms with Gasteiger partial charge in [-0.2, -0.15) is 5.11 Å². The zero-order valence-electron chi connectivity index (χ0n) is 16.2. The molecular weight excluding hydrogens is 425 g/mol. The first-order valence-corrected chi connectivity index (χ1v) is 9.83. The highest BCUT2D eigenvalue weighted by Crippen LogP contribution is 2.33. The first kappa shape index (κ1) is 19.4. The van der Waals surface area contributed by atoms with Crippen molar-refractivity contribution >= 4 is 29.1 Å². The van der Waals surface area contributed by atoms with Gasteiger partial charge in [0.2, 0.25) is 5.89 Å². The predicted octanol–water partition coefficient (Wildman–Crippen LogP) is 3.94. The largest absolute Gasteiger partial charge is 0.441 e. The molecule has 1 aromatic heterocycles. The van der Waals surface area contributed by atoms with Crippen LogP contribution in [0.25, 0.3) is 11.5 Å². The van der Waals surface area contributed by atoms with E-state index in [1.807, 2.05) is 6.07 Å². The molecule has 156 valence electrons. The van der Waals surface area contributed by atoms with E-state index >= 15 is 0 Å². The topological polar surface area (TPSA) is 91.4 Å². The third-order valence-electron chi connectivity index (χ3n) is 5.22. The number of fused-ring (bicyclic) bond motifs is 1. The molecule has 2 aromatic carbocycles. The number of imide groups is 1. The van der Waals surface area contributed by atoms with Gasteiger partial charge >= 0.3 is 0 Å². The van der Waals surface area contributed by atoms with Gasteiger partial charge in [-0.25, -0.2) is 14.3 Å². The van der Waals surface area contributed by atoms with Crippen LogP contribution in [0, 0.1) is 12.7 Å². The van der Waals surface area contributed by atoms with Gasteiger partial charge in [0.1, 0.15) is 17.3 Å². The Morgan fingerprint density at radius 1 is 1.13 bits per heavy atom. The molecule has 0 bridgehead atoms. The summed E-state index contributed by atoms with van der Waals surface area (Å²) in [4.78, 5) is 31.3. The lowest BCUT2D eigenvalue weighted by molar-refractivity contribution is -0.123. The molecule has 2 amide bonds. The highest BCUT2D eigenvalue weighted by molar-refractivity contribution is 6.30. The molecule has 3 heterocycles. The quantitative estimate of drug-likeness (QED) is 0.574. The Kier molecular flexibility index (Phi) is 4.55. The minimum Gasteiger partial charge on any atom is -0.441 e. The first-order valence-electron chi connectivity index (χ1n) is 9.45. The maximum absolute atomic E-state index is 13.2. The average Bonchev–Trinajstić information content (AvgIpc) is 3.40. The van der Waals surface area contributed by atoms with Gasteiger partial charge < -0.3 is 4.42 Å². The Morgan fingerprint density at radius 2 is 1.90 bits per heavy atom. The number of carbonyl (C=O) groups excluding carboxylic acids is 2. The molecule has 0 saturated carbocycles. The molecule has 2 aliphatic rings. The fourth-order valence-electron chi connectivity index (χ4n) is 3.67. The van der Waals surface area contributed by atoms with Crippen molar-refractivity contribution in [2.24, 2.45) is 10.3 Å². The van der Waals surface area contributed by atoms with E-state index in [2.05, 4.69) is 15.3 Å². The molecule has 8 nitrogen and oxygen atoms in total. The summed E-state index contributed by atoms with van der Waals surface area (Å²) < 4.78 is 19.0. The minimum atomic E-state index is -0.947. The molecule has 0 aliphatic carbocycles. The molecule has 10 heteroatoms. The molecule has 0 N–H and O–H groups in total. The van der Waals surface area contributed by atoms with Crippen LogP contribution in [0.1, 0.15) is 11.5 Å². The van der Waals surface area contributed by atoms with Crippen LogP contribution in [0.2, 0.25) is 5.02 Å². The number of carbonyl (C=O) groups is 2. The maximum Gasteiger partial charge on any atom is 0.263 e. The number of hydrogen-bond donors (Lipinski definition) is 0. The predicted molar refractivity (Wildman–Crippen MR) is 109 cm³/mol. The van der Waals surface area contributed by atoms with Crippen LogP contribution in [-0.4, -0.2) is 33.9 Å². The van der Waals surface area contributed by atoms with E-state index in [1.54, 1.807) is 25.1 Å². The van der Waals surface area contributed by atoms with E-state index in [-0.39, 0.29) is 6.54 Å². The molecule has 2 aliphatic heterocycles. The van der Waals surface area contributed by atoms with Crippen LogP contribution in [0.5, 0.6) is 0 Å². The first-order chi connectivity index (χ1) is 14.9. The fourth-order valence-corrected chi connectivity index (χ4v) is 3.86. The van der Waals surface area contributed by atoms with Gasteiger partial charge in [0.15, 0.2) is 12.1 Å². The van der Waals surface area contributed by atoms with Crippen LogP contribution in [0.4, 0.5) is 10.1 Å². The fraction of sp³-hybridized carbons (Fsp3) is 0.190. The van der Waals surface area contributed by atoms with Crippen LogP contribution in [-0.2, 0) is 16.1 Å². The summed E-state index contributed by atoms with van der Waals surface area (Å²) >= 11 is 6.04. The number of benzene rings is 2. The second-order valence-electron chi connectivity index (χ2n) is 7.21. The number of aryl methyl sites for hydroxylation is 1. The lowest BCUT2D eigenvalue weighted by Crippen LogP contribution is -2.39. The van der Waals surface area contributed by atoms with Crippen LogP contribution in [0.15, 0.2) is 63.3 Å². The van der Waals surface area contributed by atoms with Crippen molar-refractivity contribution in [2.75, 3.05) is 4.90 Å². The van der Waals surface area contributed by atoms with Crippen molar-refractivity contribution in [1.82, 2.24) is 9.99 Å². The van der Waals surface area contributed by atoms with Gasteiger partial charge in [-0.1, -0.05) is 22.9 Å². The summed E-state index contributed by atoms with van der Waals surface area (Å²) in [7, 11) is 0. The molecule has 2 atom stereocenters. The normalized spacial score (nSPS) is 20.1. The molecule has 1 saturated heterocycles. The SMILES string of the molecule is Cc1oc(-c2cccc(Cl)c2)nc1CN1N=NC2C(=O)N(c3ccc(F)cc3)C(=O)C21. The Hall–Kier alpha value is -3.59. The molecule has 3 aromatic rings. The Morgan fingerprint density at radius 3 is 2.65 bits per heavy atom. The number of oxazole rings is 1. The van der Waals surface area contributed by atoms with E-state index in [1.165, 1.54) is 29.3 Å². The summed E-state index contributed by atoms with van der Waals surface area (Å²) in [5, 5.41) is 10.0. The number of hydrogen-bond acceptors (Lipinski definition) is 7. The zero-order chi connectivity index (χ0) is 21.7. The zero-order valence-corrected chi connectivity index (χ0v) is 17.0. The number of amides is 2. The van der Waals surface area contributed by atoms with Gasteiger partial charge in [0.25, 0.3) is 11.8 Å². The summed E-state index contributed by atoms with van der Waals surface area (Å²) in [6, 6.07) is 10.4. The third kappa shape index (κ3) is 3.27. The van der Waals surface area contributed by atoms with E-state index in [9.17, 15) is 14.0 Å². The summed E-state index contributed by atoms with van der Waals surface area (Å²) in [5.41, 5.74) is 1.58. The molecular formula is C21H15ClFN5O3. The Bertz CT molecular complexity index is 1230. The van der Waals surface area contributed by atoms with Crippen LogP contribution < -0.4 is 4.90 Å². The lowest BCUT2D eigenvalue weighted by Gasteiger charge is -2.19. The van der Waals surface area contributed by atoms with Crippen molar-refractivity contribution in [3.05, 3.63) is 70.8 Å². The molecule has 1 fully saturated rings. The molecule has 2 unspecified atom stereocenters. The molecule has 31 heavy (non-hydrogen) atoms. The second-order valence-corrected chi connectivity index (χ2v) is 7.65. The molecule has 0 radical (unpaired) electrons. The number of anilines is 1. The van der Waals surface area contributed by atoms with E-state index < -0.39 is 29.7 Å². The number of aromatic nitrogens is 1. The Labute approximate surface area is 180 Å². The van der Waals surface area contributed by atoms with Gasteiger partial charge in [0, 0.05) is 10.6 Å². The third-order valence-corrected chi connectivity index (χ3v) is 5.45. The van der Waals surface area contributed by atoms with Crippen molar-refractivity contribution in [3.63, 3.8) is 0 Å². The van der Waals surface area contributed by atoms with E-state index in [0.717, 1.165) is 10.5 Å². The van der Waals surface area contributed by atoms with Gasteiger partial charge in [-0.15, -0.1) is 0 Å². The van der Waals surface area contributed by atoms with Gasteiger partial charge in [-0.05, 0) is 49.4 Å². The average molecular weight is 440 g/mol. The standard InChI is InChI=1S/C21H15ClFN5O3/c1-11-16(24-19(31-11)12-3-2-4-13(22)9-12)10-27-18-17(25-26-27)20(29)28(21(18)30)15-7-5-14(23)6-8-15/h2-9,17-18H,10H2,1H3. The maximum atomic E-state index is 13.2. The minimum absolute atomic E-state index is 0.136. The number of nitrogens with zero attached hydrogens (tertiary/aromatic N) is 5.